The van der Waals surface area contributed by atoms with Crippen molar-refractivity contribution in [2.75, 3.05) is 0 Å². The number of nitrogens with zero attached hydrogens (tertiary/aromatic N) is 2. The normalized spacial score (nSPS) is 12.8. The summed E-state index contributed by atoms with van der Waals surface area (Å²) < 4.78 is 6.07. The van der Waals surface area contributed by atoms with Gasteiger partial charge < -0.3 is 0 Å². The largest absolute Gasteiger partial charge is 0.571 e. The van der Waals surface area contributed by atoms with Crippen LogP contribution in [0.15, 0.2) is 0 Å². The van der Waals surface area contributed by atoms with Crippen LogP contribution in [0.1, 0.15) is 0 Å². The molecule has 0 aliphatic heterocycles. The van der Waals surface area contributed by atoms with E-state index in [1.807, 2.05) is 0 Å². The standard InChI is InChI=1S/C7H18N2OPSi2/c1-12(2,3)9(11-8-7-10)13(4,5)6/h1-6H3/q+1. The Hall–Kier alpha value is -0.0162. The molecule has 0 aromatic carbocycles. The van der Waals surface area contributed by atoms with Gasteiger partial charge in [0.25, 0.3) is 0 Å². The van der Waals surface area contributed by atoms with Crippen molar-refractivity contribution in [3.8, 4) is 0 Å². The topological polar surface area (TPSA) is 34.4 Å². The first-order chi connectivity index (χ1) is 5.69. The molecule has 0 aromatic heterocycles. The fourth-order valence-corrected chi connectivity index (χ4v) is 11.9. The Morgan fingerprint density at radius 3 is 1.69 bits per heavy atom. The van der Waals surface area contributed by atoms with Gasteiger partial charge in [0.2, 0.25) is 0 Å². The molecule has 0 saturated carbocycles. The molecule has 0 spiro atoms. The van der Waals surface area contributed by atoms with Gasteiger partial charge in [0.1, 0.15) is 16.5 Å². The lowest BCUT2D eigenvalue weighted by atomic mass is 11.7. The van der Waals surface area contributed by atoms with Crippen LogP contribution in [0.5, 0.6) is 0 Å². The summed E-state index contributed by atoms with van der Waals surface area (Å²) in [7, 11) is -1.91. The van der Waals surface area contributed by atoms with Crippen LogP contribution >= 0.6 is 8.52 Å². The fourth-order valence-electron chi connectivity index (χ4n) is 1.34. The summed E-state index contributed by atoms with van der Waals surface area (Å²) in [6.07, 6.45) is 1.61. The molecule has 0 rings (SSSR count). The van der Waals surface area contributed by atoms with Crippen molar-refractivity contribution in [1.82, 2.24) is 8.42 Å². The summed E-state index contributed by atoms with van der Waals surface area (Å²) in [5.41, 5.74) is 0. The summed E-state index contributed by atoms with van der Waals surface area (Å²) >= 11 is 0. The minimum absolute atomic E-state index is 0.789. The summed E-state index contributed by atoms with van der Waals surface area (Å²) in [6.45, 7) is 13.7. The van der Waals surface area contributed by atoms with Gasteiger partial charge in [0.15, 0.2) is 0 Å². The van der Waals surface area contributed by atoms with E-state index in [1.165, 1.54) is 0 Å². The molecule has 0 heterocycles. The van der Waals surface area contributed by atoms with Crippen LogP contribution in [0.3, 0.4) is 0 Å². The van der Waals surface area contributed by atoms with E-state index >= 15 is 0 Å². The molecule has 0 amide bonds. The van der Waals surface area contributed by atoms with Crippen LogP contribution in [0.25, 0.3) is 0 Å². The highest BCUT2D eigenvalue weighted by Gasteiger charge is 2.37. The highest BCUT2D eigenvalue weighted by Crippen LogP contribution is 2.26. The highest BCUT2D eigenvalue weighted by molar-refractivity contribution is 7.33. The summed E-state index contributed by atoms with van der Waals surface area (Å²) in [6, 6.07) is 0. The van der Waals surface area contributed by atoms with Crippen molar-refractivity contribution in [2.45, 2.75) is 39.3 Å². The lowest BCUT2D eigenvalue weighted by Crippen LogP contribution is -2.53. The molecule has 0 saturated heterocycles. The highest BCUT2D eigenvalue weighted by atomic mass is 31.1. The SMILES string of the molecule is C[Si](C)(C)N(P=[N+]=C=O)[Si](C)(C)C. The fraction of sp³-hybridized carbons (Fsp3) is 0.857. The smallest absolute Gasteiger partial charge is 0.232 e. The zero-order valence-electron chi connectivity index (χ0n) is 9.25. The van der Waals surface area contributed by atoms with Gasteiger partial charge in [0.05, 0.1) is 0 Å². The molecule has 0 radical (unpaired) electrons. The summed E-state index contributed by atoms with van der Waals surface area (Å²) in [5, 5.41) is 0. The van der Waals surface area contributed by atoms with Crippen molar-refractivity contribution in [3.63, 3.8) is 0 Å². The van der Waals surface area contributed by atoms with Crippen molar-refractivity contribution < 1.29 is 4.79 Å². The van der Waals surface area contributed by atoms with Gasteiger partial charge in [-0.15, -0.1) is 4.79 Å². The molecule has 0 aliphatic carbocycles. The maximum absolute atomic E-state index is 10.1. The molecule has 0 bridgehead atoms. The van der Waals surface area contributed by atoms with Gasteiger partial charge in [-0.05, 0) is 0 Å². The number of isocyanates is 1. The van der Waals surface area contributed by atoms with E-state index in [0.29, 0.717) is 0 Å². The molecular weight excluding hydrogens is 215 g/mol. The van der Waals surface area contributed by atoms with Crippen LogP contribution in [0.4, 0.5) is 0 Å². The lowest BCUT2D eigenvalue weighted by Gasteiger charge is -2.34. The van der Waals surface area contributed by atoms with Gasteiger partial charge in [0, 0.05) is 4.42 Å². The van der Waals surface area contributed by atoms with Crippen molar-refractivity contribution in [3.05, 3.63) is 0 Å². The average Bonchev–Trinajstić information content (AvgIpc) is 1.81. The zero-order chi connectivity index (χ0) is 10.7. The lowest BCUT2D eigenvalue weighted by molar-refractivity contribution is 0.565. The van der Waals surface area contributed by atoms with Crippen LogP contribution < -0.4 is 4.42 Å². The second-order valence-corrected chi connectivity index (χ2v) is 16.5. The molecule has 0 atom stereocenters. The van der Waals surface area contributed by atoms with Crippen molar-refractivity contribution in [2.24, 2.45) is 0 Å². The first kappa shape index (κ1) is 13.0. The molecule has 0 aliphatic rings. The van der Waals surface area contributed by atoms with E-state index in [4.69, 9.17) is 0 Å². The number of hydrogen-bond acceptors (Lipinski definition) is 1. The maximum atomic E-state index is 10.1. The predicted octanol–water partition coefficient (Wildman–Crippen LogP) is 2.41. The minimum Gasteiger partial charge on any atom is -0.232 e. The van der Waals surface area contributed by atoms with E-state index in [0.717, 1.165) is 8.52 Å². The predicted molar refractivity (Wildman–Crippen MR) is 63.3 cm³/mol. The molecule has 0 aromatic rings. The van der Waals surface area contributed by atoms with Crippen molar-refractivity contribution >= 4 is 31.1 Å². The number of carbonyl (C=O) groups excluding carboxylic acids is 1. The Balaban J connectivity index is 5.00. The number of hydrogen-bond donors (Lipinski definition) is 0. The Labute approximate surface area is 84.0 Å². The van der Waals surface area contributed by atoms with Crippen molar-refractivity contribution in [1.29, 1.82) is 0 Å². The second kappa shape index (κ2) is 4.47. The Morgan fingerprint density at radius 1 is 1.08 bits per heavy atom. The average molecular weight is 233 g/mol. The van der Waals surface area contributed by atoms with E-state index in [9.17, 15) is 4.79 Å². The van der Waals surface area contributed by atoms with Gasteiger partial charge in [-0.3, -0.25) is 0 Å². The third-order valence-electron chi connectivity index (χ3n) is 1.45. The Bertz CT molecular complexity index is 243. The summed E-state index contributed by atoms with van der Waals surface area (Å²) in [4.78, 5) is 10.1. The summed E-state index contributed by atoms with van der Waals surface area (Å²) in [5.74, 6) is 0. The van der Waals surface area contributed by atoms with Gasteiger partial charge in [-0.1, -0.05) is 39.3 Å². The van der Waals surface area contributed by atoms with Crippen LogP contribution in [-0.2, 0) is 4.79 Å². The van der Waals surface area contributed by atoms with Crippen LogP contribution in [0.2, 0.25) is 39.3 Å². The van der Waals surface area contributed by atoms with Gasteiger partial charge in [-0.2, -0.15) is 0 Å². The second-order valence-electron chi connectivity index (χ2n) is 4.93. The maximum Gasteiger partial charge on any atom is 0.571 e. The monoisotopic (exact) mass is 233 g/mol. The quantitative estimate of drug-likeness (QED) is 0.247. The first-order valence-electron chi connectivity index (χ1n) is 4.27. The molecule has 13 heavy (non-hydrogen) atoms. The Morgan fingerprint density at radius 2 is 1.46 bits per heavy atom. The van der Waals surface area contributed by atoms with E-state index in [2.05, 4.69) is 47.7 Å². The van der Waals surface area contributed by atoms with E-state index in [1.54, 1.807) is 6.08 Å². The third-order valence-corrected chi connectivity index (χ3v) is 12.5. The number of rotatable bonds is 3. The van der Waals surface area contributed by atoms with Gasteiger partial charge in [-0.25, -0.2) is 4.00 Å². The molecule has 0 unspecified atom stereocenters. The van der Waals surface area contributed by atoms with Gasteiger partial charge >= 0.3 is 14.6 Å². The zero-order valence-corrected chi connectivity index (χ0v) is 12.1. The molecule has 0 fully saturated rings. The first-order valence-corrected chi connectivity index (χ1v) is 12.0. The molecule has 3 nitrogen and oxygen atoms in total. The van der Waals surface area contributed by atoms with Crippen LogP contribution in [0, 0.1) is 0 Å². The van der Waals surface area contributed by atoms with Crippen LogP contribution in [-0.4, -0.2) is 26.6 Å². The molecule has 6 heteroatoms. The van der Waals surface area contributed by atoms with E-state index < -0.39 is 16.5 Å². The van der Waals surface area contributed by atoms with E-state index in [-0.39, 0.29) is 0 Å². The molecular formula is C7H18N2OPSi2+. The molecule has 0 N–H and O–H groups in total. The molecule has 74 valence electrons. The third kappa shape index (κ3) is 4.68. The Kier molecular flexibility index (Phi) is 4.46. The minimum atomic E-state index is -1.35.